The Labute approximate surface area is 186 Å². The normalized spacial score (nSPS) is 17.8. The van der Waals surface area contributed by atoms with Crippen molar-refractivity contribution in [2.24, 2.45) is 15.8 Å². The van der Waals surface area contributed by atoms with E-state index in [1.807, 2.05) is 6.92 Å². The molecule has 0 aromatic carbocycles. The number of unbranched alkanes of at least 4 members (excludes halogenated alkanes) is 1. The van der Waals surface area contributed by atoms with Crippen molar-refractivity contribution in [2.75, 3.05) is 19.8 Å². The fourth-order valence-corrected chi connectivity index (χ4v) is 4.54. The summed E-state index contributed by atoms with van der Waals surface area (Å²) in [5.74, 6) is 4.32. The number of carbonyl (C=O) groups excluding carboxylic acids is 3. The van der Waals surface area contributed by atoms with Gasteiger partial charge in [-0.2, -0.15) is 0 Å². The Bertz CT molecular complexity index is 955. The van der Waals surface area contributed by atoms with E-state index in [1.165, 1.54) is 23.7 Å². The number of furan rings is 1. The van der Waals surface area contributed by atoms with Gasteiger partial charge in [0.25, 0.3) is 5.17 Å². The van der Waals surface area contributed by atoms with E-state index in [-0.39, 0.29) is 23.3 Å². The molecule has 0 bridgehead atoms. The van der Waals surface area contributed by atoms with Crippen molar-refractivity contribution < 1.29 is 31.9 Å². The fraction of sp³-hybridized carbons (Fsp3) is 0.421. The molecule has 3 heterocycles. The van der Waals surface area contributed by atoms with E-state index in [0.717, 1.165) is 12.8 Å². The van der Waals surface area contributed by atoms with Crippen LogP contribution in [0.5, 0.6) is 0 Å². The van der Waals surface area contributed by atoms with Crippen LogP contribution < -0.4 is 11.2 Å². The first kappa shape index (κ1) is 23.5. The maximum Gasteiger partial charge on any atom is 0.442 e. The highest BCUT2D eigenvalue weighted by Crippen LogP contribution is 2.62. The molecule has 1 saturated heterocycles. The zero-order chi connectivity index (χ0) is 23.1. The van der Waals surface area contributed by atoms with Crippen molar-refractivity contribution in [3.05, 3.63) is 29.1 Å². The van der Waals surface area contributed by atoms with E-state index in [0.29, 0.717) is 31.3 Å². The molecule has 3 rings (SSSR count). The van der Waals surface area contributed by atoms with Crippen molar-refractivity contribution >= 4 is 45.6 Å². The number of hydrazine groups is 1. The fourth-order valence-electron chi connectivity index (χ4n) is 2.69. The van der Waals surface area contributed by atoms with Gasteiger partial charge in [-0.25, -0.2) is 25.4 Å². The summed E-state index contributed by atoms with van der Waals surface area (Å²) < 4.78 is 21.4. The number of amidine groups is 1. The zero-order valence-electron chi connectivity index (χ0n) is 17.7. The first-order chi connectivity index (χ1) is 15.3. The number of nitrogens with zero attached hydrogens (tertiary/aromatic N) is 3. The van der Waals surface area contributed by atoms with Crippen LogP contribution in [0.25, 0.3) is 5.70 Å². The average molecular weight is 468 g/mol. The molecule has 1 aromatic rings. The van der Waals surface area contributed by atoms with Crippen molar-refractivity contribution in [3.63, 3.8) is 0 Å². The maximum absolute atomic E-state index is 11.7. The molecule has 0 radical (unpaired) electrons. The number of nitrogens with two attached hydrogens (primary N) is 1. The minimum Gasteiger partial charge on any atom is -0.458 e. The predicted octanol–water partition coefficient (Wildman–Crippen LogP) is 1.34. The second kappa shape index (κ2) is 10.4. The first-order valence-electron chi connectivity index (χ1n) is 9.90. The Kier molecular flexibility index (Phi) is 7.66. The summed E-state index contributed by atoms with van der Waals surface area (Å²) in [6.07, 6.45) is 2.95. The molecular formula is C19H25N5O7S. The Morgan fingerprint density at radius 1 is 1.31 bits per heavy atom. The van der Waals surface area contributed by atoms with Gasteiger partial charge in [0, 0.05) is 26.7 Å². The van der Waals surface area contributed by atoms with Crippen LogP contribution in [0.1, 0.15) is 38.2 Å². The van der Waals surface area contributed by atoms with Gasteiger partial charge in [-0.1, -0.05) is 0 Å². The van der Waals surface area contributed by atoms with Crippen molar-refractivity contribution in [2.45, 2.75) is 33.2 Å². The second-order valence-electron chi connectivity index (χ2n) is 6.75. The van der Waals surface area contributed by atoms with Gasteiger partial charge in [-0.3, -0.25) is 4.79 Å². The van der Waals surface area contributed by atoms with Crippen LogP contribution in [0.3, 0.4) is 0 Å². The monoisotopic (exact) mass is 467 g/mol. The number of nitrogens with one attached hydrogen (secondary N) is 1. The van der Waals surface area contributed by atoms with Crippen molar-refractivity contribution in [1.82, 2.24) is 10.3 Å². The van der Waals surface area contributed by atoms with Gasteiger partial charge < -0.3 is 27.8 Å². The summed E-state index contributed by atoms with van der Waals surface area (Å²) in [5.41, 5.74) is 0.281. The highest BCUT2D eigenvalue weighted by atomic mass is 32.3. The van der Waals surface area contributed by atoms with Crippen LogP contribution in [0.2, 0.25) is 0 Å². The molecule has 32 heavy (non-hydrogen) atoms. The molecule has 0 aliphatic carbocycles. The van der Waals surface area contributed by atoms with Crippen LogP contribution >= 0.6 is 10.6 Å². The second-order valence-corrected chi connectivity index (χ2v) is 8.77. The van der Waals surface area contributed by atoms with E-state index in [1.54, 1.807) is 12.1 Å². The lowest BCUT2D eigenvalue weighted by atomic mass is 10.3. The van der Waals surface area contributed by atoms with E-state index in [2.05, 4.69) is 15.3 Å². The zero-order valence-corrected chi connectivity index (χ0v) is 18.6. The topological polar surface area (TPSA) is 158 Å². The molecule has 1 amide bonds. The lowest BCUT2D eigenvalue weighted by Gasteiger charge is -2.26. The molecule has 3 N–H and O–H groups in total. The van der Waals surface area contributed by atoms with Crippen LogP contribution in [0, 0.1) is 0 Å². The van der Waals surface area contributed by atoms with E-state index < -0.39 is 22.5 Å². The number of ether oxygens (including phenoxy) is 1. The summed E-state index contributed by atoms with van der Waals surface area (Å²) >= 11 is 0. The number of carbonyl (C=O) groups is 3. The Hall–Kier alpha value is -3.16. The number of amides is 1. The number of rotatable bonds is 10. The SMILES string of the molecule is CCOCCCCN(N)/C=N/C1=NC(c2ccc(CNC(C)=O)o2)=CS12OC(=O)C(=O)O2. The van der Waals surface area contributed by atoms with E-state index in [4.69, 9.17) is 23.4 Å². The third kappa shape index (κ3) is 5.75. The molecule has 1 spiro atoms. The van der Waals surface area contributed by atoms with Crippen LogP contribution in [-0.4, -0.2) is 54.1 Å². The molecule has 1 fully saturated rings. The number of hydrogen-bond acceptors (Lipinski definition) is 10. The van der Waals surface area contributed by atoms with Gasteiger partial charge in [0.1, 0.15) is 17.8 Å². The molecule has 2 aliphatic heterocycles. The van der Waals surface area contributed by atoms with Crippen molar-refractivity contribution in [1.29, 1.82) is 0 Å². The molecule has 174 valence electrons. The molecular weight excluding hydrogens is 442 g/mol. The van der Waals surface area contributed by atoms with Gasteiger partial charge in [-0.15, -0.1) is 0 Å². The Morgan fingerprint density at radius 3 is 2.75 bits per heavy atom. The molecule has 2 aliphatic rings. The summed E-state index contributed by atoms with van der Waals surface area (Å²) in [6, 6.07) is 3.31. The predicted molar refractivity (Wildman–Crippen MR) is 117 cm³/mol. The molecule has 13 heteroatoms. The molecule has 0 unspecified atom stereocenters. The standard InChI is InChI=1S/C19H25N5O7S/c1-3-28-9-5-4-8-24(20)12-22-19-23-15(11-32(19)30-17(26)18(27)31-32)16-7-6-14(29-16)10-21-13(2)25/h6-7,11-12H,3-5,8-10,20H2,1-2H3,(H,21,25)/b22-12+. The molecule has 0 saturated carbocycles. The molecule has 12 nitrogen and oxygen atoms in total. The highest BCUT2D eigenvalue weighted by Gasteiger charge is 2.48. The summed E-state index contributed by atoms with van der Waals surface area (Å²) in [5, 5.41) is 5.39. The summed E-state index contributed by atoms with van der Waals surface area (Å²) in [6.45, 7) is 5.35. The van der Waals surface area contributed by atoms with E-state index >= 15 is 0 Å². The van der Waals surface area contributed by atoms with Crippen LogP contribution in [-0.2, 0) is 34.0 Å². The van der Waals surface area contributed by atoms with Crippen LogP contribution in [0.15, 0.2) is 31.9 Å². The van der Waals surface area contributed by atoms with Gasteiger partial charge >= 0.3 is 11.9 Å². The smallest absolute Gasteiger partial charge is 0.442 e. The lowest BCUT2D eigenvalue weighted by molar-refractivity contribution is -0.150. The summed E-state index contributed by atoms with van der Waals surface area (Å²) in [7, 11) is -2.95. The highest BCUT2D eigenvalue weighted by molar-refractivity contribution is 8.41. The lowest BCUT2D eigenvalue weighted by Crippen LogP contribution is -2.31. The quantitative estimate of drug-likeness (QED) is 0.129. The van der Waals surface area contributed by atoms with Gasteiger partial charge in [0.05, 0.1) is 12.0 Å². The van der Waals surface area contributed by atoms with Gasteiger partial charge in [0.2, 0.25) is 5.91 Å². The largest absolute Gasteiger partial charge is 0.458 e. The summed E-state index contributed by atoms with van der Waals surface area (Å²) in [4.78, 5) is 43.1. The average Bonchev–Trinajstić information content (AvgIpc) is 3.42. The third-order valence-corrected chi connectivity index (χ3v) is 6.24. The van der Waals surface area contributed by atoms with Gasteiger partial charge in [0.15, 0.2) is 5.76 Å². The molecule has 0 atom stereocenters. The minimum absolute atomic E-state index is 0.00345. The van der Waals surface area contributed by atoms with Gasteiger partial charge in [-0.05, 0) is 42.5 Å². The van der Waals surface area contributed by atoms with Crippen molar-refractivity contribution in [3.8, 4) is 0 Å². The number of aliphatic imine (C=N–C) groups is 2. The molecule has 1 aromatic heterocycles. The maximum atomic E-state index is 11.7. The third-order valence-electron chi connectivity index (χ3n) is 4.20. The minimum atomic E-state index is -2.95. The number of hydrogen-bond donors (Lipinski definition) is 2. The van der Waals surface area contributed by atoms with E-state index in [9.17, 15) is 14.4 Å². The first-order valence-corrected chi connectivity index (χ1v) is 11.5. The Balaban J connectivity index is 1.73. The van der Waals surface area contributed by atoms with Crippen LogP contribution in [0.4, 0.5) is 0 Å². The Morgan fingerprint density at radius 2 is 2.06 bits per heavy atom.